The van der Waals surface area contributed by atoms with Gasteiger partial charge >= 0.3 is 0 Å². The normalized spacial score (nSPS) is 12.2. The summed E-state index contributed by atoms with van der Waals surface area (Å²) in [6.07, 6.45) is -0.358. The first kappa shape index (κ1) is 16.7. The average Bonchev–Trinajstić information content (AvgIpc) is 2.47. The highest BCUT2D eigenvalue weighted by molar-refractivity contribution is 6.31. The van der Waals surface area contributed by atoms with E-state index in [1.807, 2.05) is 24.3 Å². The summed E-state index contributed by atoms with van der Waals surface area (Å²) in [5, 5.41) is 12.7. The lowest BCUT2D eigenvalue weighted by molar-refractivity contribution is 0.191. The molecular formula is C17H19ClFNO2. The van der Waals surface area contributed by atoms with Crippen molar-refractivity contribution in [1.29, 1.82) is 0 Å². The maximum absolute atomic E-state index is 13.0. The lowest BCUT2D eigenvalue weighted by atomic mass is 10.2. The van der Waals surface area contributed by atoms with E-state index in [0.717, 1.165) is 16.9 Å². The first-order valence-electron chi connectivity index (χ1n) is 7.09. The molecule has 0 aromatic heterocycles. The second kappa shape index (κ2) is 8.13. The Morgan fingerprint density at radius 1 is 1.23 bits per heavy atom. The van der Waals surface area contributed by atoms with Crippen molar-refractivity contribution in [2.45, 2.75) is 26.2 Å². The molecule has 1 atom stereocenters. The third-order valence-electron chi connectivity index (χ3n) is 3.10. The molecule has 22 heavy (non-hydrogen) atoms. The van der Waals surface area contributed by atoms with Crippen molar-refractivity contribution in [3.05, 3.63) is 64.4 Å². The van der Waals surface area contributed by atoms with Gasteiger partial charge in [0.2, 0.25) is 0 Å². The Morgan fingerprint density at radius 3 is 2.59 bits per heavy atom. The van der Waals surface area contributed by atoms with E-state index >= 15 is 0 Å². The minimum absolute atomic E-state index is 0.290. The summed E-state index contributed by atoms with van der Waals surface area (Å²) in [6, 6.07) is 11.9. The Balaban J connectivity index is 1.86. The lowest BCUT2D eigenvalue weighted by Gasteiger charge is -2.10. The summed E-state index contributed by atoms with van der Waals surface area (Å²) in [6.45, 7) is 3.28. The van der Waals surface area contributed by atoms with Gasteiger partial charge in [0, 0.05) is 18.7 Å². The molecule has 0 aliphatic heterocycles. The SMILES string of the molecule is CC(O)CNCc1ccc(OCc2ccc(F)cc2Cl)cc1. The molecule has 0 bridgehead atoms. The Labute approximate surface area is 134 Å². The Morgan fingerprint density at radius 2 is 1.95 bits per heavy atom. The van der Waals surface area contributed by atoms with Crippen LogP contribution in [0.5, 0.6) is 5.75 Å². The fourth-order valence-corrected chi connectivity index (χ4v) is 2.15. The van der Waals surface area contributed by atoms with Crippen LogP contribution in [0.25, 0.3) is 0 Å². The predicted octanol–water partition coefficient (Wildman–Crippen LogP) is 3.53. The number of aliphatic hydroxyl groups is 1. The third-order valence-corrected chi connectivity index (χ3v) is 3.45. The van der Waals surface area contributed by atoms with Crippen LogP contribution in [0.4, 0.5) is 4.39 Å². The van der Waals surface area contributed by atoms with Crippen molar-refractivity contribution in [3.8, 4) is 5.75 Å². The summed E-state index contributed by atoms with van der Waals surface area (Å²) in [5.41, 5.74) is 1.85. The number of ether oxygens (including phenoxy) is 1. The lowest BCUT2D eigenvalue weighted by Crippen LogP contribution is -2.23. The van der Waals surface area contributed by atoms with Crippen LogP contribution in [0.1, 0.15) is 18.1 Å². The van der Waals surface area contributed by atoms with Gasteiger partial charge in [-0.1, -0.05) is 29.8 Å². The van der Waals surface area contributed by atoms with E-state index in [2.05, 4.69) is 5.32 Å². The maximum Gasteiger partial charge on any atom is 0.124 e. The monoisotopic (exact) mass is 323 g/mol. The van der Waals surface area contributed by atoms with Crippen LogP contribution >= 0.6 is 11.6 Å². The van der Waals surface area contributed by atoms with Crippen LogP contribution in [0.3, 0.4) is 0 Å². The van der Waals surface area contributed by atoms with Crippen LogP contribution in [0.2, 0.25) is 5.02 Å². The Kier molecular flexibility index (Phi) is 6.19. The highest BCUT2D eigenvalue weighted by Gasteiger charge is 2.03. The van der Waals surface area contributed by atoms with Gasteiger partial charge in [0.1, 0.15) is 18.2 Å². The molecule has 0 fully saturated rings. The first-order valence-corrected chi connectivity index (χ1v) is 7.47. The highest BCUT2D eigenvalue weighted by atomic mass is 35.5. The molecule has 0 aliphatic carbocycles. The molecule has 2 aromatic carbocycles. The zero-order valence-corrected chi connectivity index (χ0v) is 13.1. The molecule has 5 heteroatoms. The molecule has 2 aromatic rings. The minimum Gasteiger partial charge on any atom is -0.489 e. The Bertz CT molecular complexity index is 602. The first-order chi connectivity index (χ1) is 10.5. The molecule has 2 N–H and O–H groups in total. The van der Waals surface area contributed by atoms with Crippen molar-refractivity contribution in [2.75, 3.05) is 6.54 Å². The van der Waals surface area contributed by atoms with E-state index in [1.165, 1.54) is 12.1 Å². The standard InChI is InChI=1S/C17H19ClFNO2/c1-12(21)9-20-10-13-2-6-16(7-3-13)22-11-14-4-5-15(19)8-17(14)18/h2-8,12,20-21H,9-11H2,1H3. The van der Waals surface area contributed by atoms with Gasteiger partial charge in [-0.05, 0) is 36.8 Å². The number of benzene rings is 2. The highest BCUT2D eigenvalue weighted by Crippen LogP contribution is 2.20. The van der Waals surface area contributed by atoms with Gasteiger partial charge in [-0.3, -0.25) is 0 Å². The summed E-state index contributed by atoms with van der Waals surface area (Å²) in [5.74, 6) is 0.363. The summed E-state index contributed by atoms with van der Waals surface area (Å²) in [7, 11) is 0. The van der Waals surface area contributed by atoms with Gasteiger partial charge in [-0.2, -0.15) is 0 Å². The summed E-state index contributed by atoms with van der Waals surface area (Å²) >= 11 is 5.95. The molecule has 0 amide bonds. The van der Waals surface area contributed by atoms with E-state index in [4.69, 9.17) is 16.3 Å². The van der Waals surface area contributed by atoms with Crippen LogP contribution in [-0.4, -0.2) is 17.8 Å². The smallest absolute Gasteiger partial charge is 0.124 e. The van der Waals surface area contributed by atoms with Crippen molar-refractivity contribution in [1.82, 2.24) is 5.32 Å². The Hall–Kier alpha value is -1.62. The second-order valence-corrected chi connectivity index (χ2v) is 5.56. The maximum atomic E-state index is 13.0. The van der Waals surface area contributed by atoms with Gasteiger partial charge < -0.3 is 15.2 Å². The van der Waals surface area contributed by atoms with E-state index in [1.54, 1.807) is 13.0 Å². The molecule has 0 aliphatic rings. The van der Waals surface area contributed by atoms with Crippen LogP contribution in [-0.2, 0) is 13.2 Å². The average molecular weight is 324 g/mol. The molecule has 1 unspecified atom stereocenters. The molecule has 2 rings (SSSR count). The van der Waals surface area contributed by atoms with Gasteiger partial charge in [0.15, 0.2) is 0 Å². The zero-order valence-electron chi connectivity index (χ0n) is 12.4. The van der Waals surface area contributed by atoms with Crippen molar-refractivity contribution >= 4 is 11.6 Å². The van der Waals surface area contributed by atoms with Crippen LogP contribution in [0.15, 0.2) is 42.5 Å². The predicted molar refractivity (Wildman–Crippen MR) is 85.6 cm³/mol. The second-order valence-electron chi connectivity index (χ2n) is 5.15. The number of nitrogens with one attached hydrogen (secondary N) is 1. The fourth-order valence-electron chi connectivity index (χ4n) is 1.93. The quantitative estimate of drug-likeness (QED) is 0.819. The van der Waals surface area contributed by atoms with E-state index < -0.39 is 0 Å². The molecule has 0 saturated heterocycles. The number of hydrogen-bond acceptors (Lipinski definition) is 3. The van der Waals surface area contributed by atoms with Crippen molar-refractivity contribution in [3.63, 3.8) is 0 Å². The number of aliphatic hydroxyl groups excluding tert-OH is 1. The fraction of sp³-hybridized carbons (Fsp3) is 0.294. The van der Waals surface area contributed by atoms with Crippen molar-refractivity contribution in [2.24, 2.45) is 0 Å². The van der Waals surface area contributed by atoms with Gasteiger partial charge in [0.05, 0.1) is 11.1 Å². The zero-order chi connectivity index (χ0) is 15.9. The minimum atomic E-state index is -0.359. The molecule has 0 heterocycles. The topological polar surface area (TPSA) is 41.5 Å². The molecule has 0 spiro atoms. The molecule has 118 valence electrons. The molecule has 0 saturated carbocycles. The van der Waals surface area contributed by atoms with E-state index in [-0.39, 0.29) is 11.9 Å². The number of rotatable bonds is 7. The number of hydrogen-bond donors (Lipinski definition) is 2. The van der Waals surface area contributed by atoms with Gasteiger partial charge in [-0.15, -0.1) is 0 Å². The molecular weight excluding hydrogens is 305 g/mol. The summed E-state index contributed by atoms with van der Waals surface area (Å²) in [4.78, 5) is 0. The van der Waals surface area contributed by atoms with Crippen molar-refractivity contribution < 1.29 is 14.2 Å². The number of halogens is 2. The molecule has 3 nitrogen and oxygen atoms in total. The summed E-state index contributed by atoms with van der Waals surface area (Å²) < 4.78 is 18.6. The molecule has 0 radical (unpaired) electrons. The third kappa shape index (κ3) is 5.30. The van der Waals surface area contributed by atoms with E-state index in [9.17, 15) is 9.50 Å². The van der Waals surface area contributed by atoms with E-state index in [0.29, 0.717) is 24.7 Å². The van der Waals surface area contributed by atoms with Crippen LogP contribution < -0.4 is 10.1 Å². The largest absolute Gasteiger partial charge is 0.489 e. The van der Waals surface area contributed by atoms with Gasteiger partial charge in [-0.25, -0.2) is 4.39 Å². The van der Waals surface area contributed by atoms with Gasteiger partial charge in [0.25, 0.3) is 0 Å². The van der Waals surface area contributed by atoms with Crippen LogP contribution in [0, 0.1) is 5.82 Å².